The molecule has 0 aliphatic carbocycles. The summed E-state index contributed by atoms with van der Waals surface area (Å²) < 4.78 is 0. The molecule has 0 saturated heterocycles. The standard InChI is InChI=1S/C11H11Cl2N3/c1-14-6-11-15-5-10(16-11)7-2-3-8(12)9(13)4-7/h2-5,14H,6H2,1H3,(H,15,16). The van der Waals surface area contributed by atoms with Crippen molar-refractivity contribution in [2.75, 3.05) is 7.05 Å². The van der Waals surface area contributed by atoms with E-state index in [0.29, 0.717) is 16.6 Å². The normalized spacial score (nSPS) is 10.7. The van der Waals surface area contributed by atoms with Crippen LogP contribution in [0, 0.1) is 0 Å². The second-order valence-electron chi connectivity index (χ2n) is 3.40. The minimum Gasteiger partial charge on any atom is -0.341 e. The summed E-state index contributed by atoms with van der Waals surface area (Å²) >= 11 is 11.8. The number of aromatic nitrogens is 2. The maximum atomic E-state index is 5.95. The molecule has 0 unspecified atom stereocenters. The average molecular weight is 256 g/mol. The van der Waals surface area contributed by atoms with Crippen LogP contribution in [-0.4, -0.2) is 17.0 Å². The lowest BCUT2D eigenvalue weighted by atomic mass is 10.2. The first-order chi connectivity index (χ1) is 7.70. The molecular weight excluding hydrogens is 245 g/mol. The predicted molar refractivity (Wildman–Crippen MR) is 66.8 cm³/mol. The van der Waals surface area contributed by atoms with Gasteiger partial charge in [-0.3, -0.25) is 0 Å². The summed E-state index contributed by atoms with van der Waals surface area (Å²) in [6.07, 6.45) is 1.78. The fraction of sp³-hybridized carbons (Fsp3) is 0.182. The molecule has 16 heavy (non-hydrogen) atoms. The number of H-pyrrole nitrogens is 1. The summed E-state index contributed by atoms with van der Waals surface area (Å²) in [5.41, 5.74) is 1.91. The van der Waals surface area contributed by atoms with Gasteiger partial charge in [0.2, 0.25) is 0 Å². The summed E-state index contributed by atoms with van der Waals surface area (Å²) in [5, 5.41) is 4.13. The molecule has 5 heteroatoms. The van der Waals surface area contributed by atoms with Crippen LogP contribution in [0.25, 0.3) is 11.3 Å². The number of hydrogen-bond acceptors (Lipinski definition) is 2. The van der Waals surface area contributed by atoms with Gasteiger partial charge < -0.3 is 10.3 Å². The Bertz CT molecular complexity index is 494. The molecule has 1 heterocycles. The van der Waals surface area contributed by atoms with E-state index in [-0.39, 0.29) is 0 Å². The SMILES string of the molecule is CNCc1ncc(-c2ccc(Cl)c(Cl)c2)[nH]1. The molecule has 2 rings (SSSR count). The van der Waals surface area contributed by atoms with Gasteiger partial charge in [-0.1, -0.05) is 29.3 Å². The molecule has 0 amide bonds. The van der Waals surface area contributed by atoms with Crippen molar-refractivity contribution < 1.29 is 0 Å². The Hall–Kier alpha value is -1.03. The van der Waals surface area contributed by atoms with Crippen LogP contribution in [0.5, 0.6) is 0 Å². The van der Waals surface area contributed by atoms with Crippen molar-refractivity contribution in [1.29, 1.82) is 0 Å². The average Bonchev–Trinajstić information content (AvgIpc) is 2.71. The molecule has 0 radical (unpaired) electrons. The third-order valence-corrected chi connectivity index (χ3v) is 2.94. The van der Waals surface area contributed by atoms with Crippen molar-refractivity contribution in [2.24, 2.45) is 0 Å². The van der Waals surface area contributed by atoms with Crippen LogP contribution in [0.2, 0.25) is 10.0 Å². The first kappa shape index (κ1) is 11.5. The molecule has 0 fully saturated rings. The molecule has 84 valence electrons. The van der Waals surface area contributed by atoms with E-state index in [1.165, 1.54) is 0 Å². The van der Waals surface area contributed by atoms with Gasteiger partial charge in [0.15, 0.2) is 0 Å². The minimum atomic E-state index is 0.545. The van der Waals surface area contributed by atoms with Gasteiger partial charge in [0, 0.05) is 5.56 Å². The van der Waals surface area contributed by atoms with Crippen molar-refractivity contribution in [1.82, 2.24) is 15.3 Å². The molecule has 0 spiro atoms. The maximum absolute atomic E-state index is 5.95. The second-order valence-corrected chi connectivity index (χ2v) is 4.22. The molecule has 2 N–H and O–H groups in total. The molecule has 0 bridgehead atoms. The number of nitrogens with zero attached hydrogens (tertiary/aromatic N) is 1. The molecule has 1 aromatic carbocycles. The summed E-state index contributed by atoms with van der Waals surface area (Å²) in [5.74, 6) is 0.892. The van der Waals surface area contributed by atoms with E-state index in [2.05, 4.69) is 15.3 Å². The number of nitrogens with one attached hydrogen (secondary N) is 2. The number of aromatic amines is 1. The van der Waals surface area contributed by atoms with E-state index in [1.54, 1.807) is 12.3 Å². The number of hydrogen-bond donors (Lipinski definition) is 2. The number of benzene rings is 1. The minimum absolute atomic E-state index is 0.545. The van der Waals surface area contributed by atoms with Crippen molar-refractivity contribution in [3.05, 3.63) is 40.3 Å². The zero-order valence-corrected chi connectivity index (χ0v) is 10.2. The quantitative estimate of drug-likeness (QED) is 0.885. The maximum Gasteiger partial charge on any atom is 0.120 e. The Kier molecular flexibility index (Phi) is 3.49. The van der Waals surface area contributed by atoms with Gasteiger partial charge in [0.1, 0.15) is 5.82 Å². The largest absolute Gasteiger partial charge is 0.341 e. The first-order valence-corrected chi connectivity index (χ1v) is 5.60. The fourth-order valence-corrected chi connectivity index (χ4v) is 1.73. The summed E-state index contributed by atoms with van der Waals surface area (Å²) in [6.45, 7) is 0.710. The zero-order chi connectivity index (χ0) is 11.5. The highest BCUT2D eigenvalue weighted by Gasteiger charge is 2.05. The van der Waals surface area contributed by atoms with Crippen molar-refractivity contribution in [2.45, 2.75) is 6.54 Å². The Balaban J connectivity index is 2.31. The van der Waals surface area contributed by atoms with Crippen LogP contribution in [0.15, 0.2) is 24.4 Å². The highest BCUT2D eigenvalue weighted by molar-refractivity contribution is 6.42. The smallest absolute Gasteiger partial charge is 0.120 e. The number of imidazole rings is 1. The van der Waals surface area contributed by atoms with Gasteiger partial charge in [-0.25, -0.2) is 4.98 Å². The van der Waals surface area contributed by atoms with E-state index in [0.717, 1.165) is 17.1 Å². The zero-order valence-electron chi connectivity index (χ0n) is 8.72. The van der Waals surface area contributed by atoms with Crippen molar-refractivity contribution in [3.8, 4) is 11.3 Å². The van der Waals surface area contributed by atoms with Crippen LogP contribution < -0.4 is 5.32 Å². The molecule has 0 aliphatic rings. The Labute approximate surface area is 104 Å². The van der Waals surface area contributed by atoms with Gasteiger partial charge in [-0.15, -0.1) is 0 Å². The fourth-order valence-electron chi connectivity index (χ4n) is 1.43. The van der Waals surface area contributed by atoms with E-state index in [9.17, 15) is 0 Å². The van der Waals surface area contributed by atoms with Gasteiger partial charge >= 0.3 is 0 Å². The summed E-state index contributed by atoms with van der Waals surface area (Å²) in [7, 11) is 1.88. The van der Waals surface area contributed by atoms with Gasteiger partial charge in [0.25, 0.3) is 0 Å². The van der Waals surface area contributed by atoms with Crippen LogP contribution in [-0.2, 0) is 6.54 Å². The molecular formula is C11H11Cl2N3. The molecule has 1 aromatic heterocycles. The Morgan fingerprint density at radius 3 is 2.81 bits per heavy atom. The van der Waals surface area contributed by atoms with Crippen molar-refractivity contribution >= 4 is 23.2 Å². The lowest BCUT2D eigenvalue weighted by Gasteiger charge is -2.00. The summed E-state index contributed by atoms with van der Waals surface area (Å²) in [4.78, 5) is 7.44. The van der Waals surface area contributed by atoms with Crippen LogP contribution in [0.3, 0.4) is 0 Å². The lowest BCUT2D eigenvalue weighted by Crippen LogP contribution is -2.06. The molecule has 0 aliphatic heterocycles. The number of halogens is 2. The van der Waals surface area contributed by atoms with Crippen LogP contribution >= 0.6 is 23.2 Å². The lowest BCUT2D eigenvalue weighted by molar-refractivity contribution is 0.772. The van der Waals surface area contributed by atoms with Gasteiger partial charge in [0.05, 0.1) is 28.5 Å². The van der Waals surface area contributed by atoms with Gasteiger partial charge in [-0.2, -0.15) is 0 Å². The van der Waals surface area contributed by atoms with E-state index < -0.39 is 0 Å². The molecule has 3 nitrogen and oxygen atoms in total. The van der Waals surface area contributed by atoms with Gasteiger partial charge in [-0.05, 0) is 19.2 Å². The molecule has 2 aromatic rings. The monoisotopic (exact) mass is 255 g/mol. The Morgan fingerprint density at radius 2 is 2.12 bits per heavy atom. The summed E-state index contributed by atoms with van der Waals surface area (Å²) in [6, 6.07) is 5.50. The van der Waals surface area contributed by atoms with Crippen molar-refractivity contribution in [3.63, 3.8) is 0 Å². The van der Waals surface area contributed by atoms with Crippen LogP contribution in [0.4, 0.5) is 0 Å². The highest BCUT2D eigenvalue weighted by Crippen LogP contribution is 2.27. The topological polar surface area (TPSA) is 40.7 Å². The van der Waals surface area contributed by atoms with Crippen LogP contribution in [0.1, 0.15) is 5.82 Å². The third-order valence-electron chi connectivity index (χ3n) is 2.20. The number of rotatable bonds is 3. The second kappa shape index (κ2) is 4.87. The van der Waals surface area contributed by atoms with E-state index in [4.69, 9.17) is 23.2 Å². The molecule has 0 saturated carbocycles. The highest BCUT2D eigenvalue weighted by atomic mass is 35.5. The van der Waals surface area contributed by atoms with E-state index in [1.807, 2.05) is 19.2 Å². The first-order valence-electron chi connectivity index (χ1n) is 4.84. The molecule has 0 atom stereocenters. The van der Waals surface area contributed by atoms with E-state index >= 15 is 0 Å². The third kappa shape index (κ3) is 2.38. The Morgan fingerprint density at radius 1 is 1.31 bits per heavy atom. The predicted octanol–water partition coefficient (Wildman–Crippen LogP) is 3.10.